The molecule has 8 heteroatoms. The van der Waals surface area contributed by atoms with Crippen molar-refractivity contribution in [3.63, 3.8) is 0 Å². The summed E-state index contributed by atoms with van der Waals surface area (Å²) in [5.74, 6) is 0. The number of halogens is 1. The lowest BCUT2D eigenvalue weighted by Crippen LogP contribution is -2.38. The second kappa shape index (κ2) is 5.88. The fourth-order valence-corrected chi connectivity index (χ4v) is 3.47. The zero-order valence-electron chi connectivity index (χ0n) is 13.7. The molecule has 0 aliphatic carbocycles. The molecule has 7 nitrogen and oxygen atoms in total. The molecular formula is C15H20IN5O2. The number of likely N-dealkylation sites (tertiary alicyclic amines) is 1. The fraction of sp³-hybridized carbons (Fsp3) is 0.600. The largest absolute Gasteiger partial charge is 0.444 e. The van der Waals surface area contributed by atoms with E-state index in [1.807, 2.05) is 32.4 Å². The minimum absolute atomic E-state index is 0.0958. The van der Waals surface area contributed by atoms with Gasteiger partial charge in [0.2, 0.25) is 0 Å². The van der Waals surface area contributed by atoms with E-state index in [9.17, 15) is 4.79 Å². The average molecular weight is 429 g/mol. The molecule has 2 aromatic rings. The first-order valence-corrected chi connectivity index (χ1v) is 8.67. The van der Waals surface area contributed by atoms with Crippen LogP contribution < -0.4 is 0 Å². The highest BCUT2D eigenvalue weighted by Crippen LogP contribution is 2.31. The number of rotatable bonds is 1. The normalized spacial score (nSPS) is 21.9. The van der Waals surface area contributed by atoms with Crippen molar-refractivity contribution < 1.29 is 9.53 Å². The molecule has 124 valence electrons. The Kier molecular flexibility index (Phi) is 4.19. The summed E-state index contributed by atoms with van der Waals surface area (Å²) in [6.45, 7) is 8.25. The molecule has 2 unspecified atom stereocenters. The number of ether oxygens (including phenoxy) is 1. The van der Waals surface area contributed by atoms with Crippen LogP contribution in [0.2, 0.25) is 0 Å². The average Bonchev–Trinajstić information content (AvgIpc) is 2.99. The van der Waals surface area contributed by atoms with Crippen LogP contribution in [0.4, 0.5) is 4.79 Å². The van der Waals surface area contributed by atoms with E-state index >= 15 is 0 Å². The van der Waals surface area contributed by atoms with Crippen LogP contribution in [0, 0.1) is 3.70 Å². The summed E-state index contributed by atoms with van der Waals surface area (Å²) in [6.07, 6.45) is 3.86. The van der Waals surface area contributed by atoms with Crippen LogP contribution in [0.1, 0.15) is 40.2 Å². The second-order valence-corrected chi connectivity index (χ2v) is 7.89. The van der Waals surface area contributed by atoms with E-state index in [4.69, 9.17) is 4.74 Å². The Hall–Kier alpha value is -1.45. The number of fused-ring (bicyclic) bond motifs is 1. The lowest BCUT2D eigenvalue weighted by atomic mass is 10.2. The molecule has 3 heterocycles. The smallest absolute Gasteiger partial charge is 0.410 e. The van der Waals surface area contributed by atoms with E-state index in [-0.39, 0.29) is 18.2 Å². The van der Waals surface area contributed by atoms with Crippen molar-refractivity contribution in [3.8, 4) is 0 Å². The third-order valence-corrected chi connectivity index (χ3v) is 4.65. The summed E-state index contributed by atoms with van der Waals surface area (Å²) in [5, 5.41) is 5.54. The van der Waals surface area contributed by atoms with Crippen LogP contribution in [0.3, 0.4) is 0 Å². The SMILES string of the molecule is CC1CC(n2nc(I)c3cncnc32)CN1C(=O)OC(C)(C)C. The summed E-state index contributed by atoms with van der Waals surface area (Å²) in [5.41, 5.74) is 0.322. The first-order chi connectivity index (χ1) is 10.8. The predicted octanol–water partition coefficient (Wildman–Crippen LogP) is 3.00. The van der Waals surface area contributed by atoms with Crippen molar-refractivity contribution in [3.05, 3.63) is 16.2 Å². The van der Waals surface area contributed by atoms with Gasteiger partial charge in [0.05, 0.1) is 11.4 Å². The van der Waals surface area contributed by atoms with Crippen molar-refractivity contribution in [1.82, 2.24) is 24.6 Å². The Morgan fingerprint density at radius 1 is 1.43 bits per heavy atom. The minimum Gasteiger partial charge on any atom is -0.444 e. The van der Waals surface area contributed by atoms with Gasteiger partial charge in [-0.15, -0.1) is 0 Å². The zero-order valence-corrected chi connectivity index (χ0v) is 15.8. The van der Waals surface area contributed by atoms with Crippen molar-refractivity contribution in [1.29, 1.82) is 0 Å². The first-order valence-electron chi connectivity index (χ1n) is 7.59. The van der Waals surface area contributed by atoms with Gasteiger partial charge in [-0.25, -0.2) is 19.4 Å². The summed E-state index contributed by atoms with van der Waals surface area (Å²) in [7, 11) is 0. The molecule has 0 radical (unpaired) electrons. The second-order valence-electron chi connectivity index (χ2n) is 6.87. The summed E-state index contributed by atoms with van der Waals surface area (Å²) in [4.78, 5) is 22.5. The van der Waals surface area contributed by atoms with E-state index in [0.29, 0.717) is 6.54 Å². The maximum atomic E-state index is 12.4. The molecular weight excluding hydrogens is 409 g/mol. The molecule has 2 atom stereocenters. The number of carbonyl (C=O) groups excluding carboxylic acids is 1. The summed E-state index contributed by atoms with van der Waals surface area (Å²) >= 11 is 2.19. The van der Waals surface area contributed by atoms with Crippen molar-refractivity contribution in [2.75, 3.05) is 6.54 Å². The van der Waals surface area contributed by atoms with Crippen LogP contribution >= 0.6 is 22.6 Å². The van der Waals surface area contributed by atoms with Gasteiger partial charge in [-0.2, -0.15) is 5.10 Å². The van der Waals surface area contributed by atoms with E-state index in [1.54, 1.807) is 11.1 Å². The van der Waals surface area contributed by atoms with Crippen molar-refractivity contribution >= 4 is 39.7 Å². The number of carbonyl (C=O) groups is 1. The maximum Gasteiger partial charge on any atom is 0.410 e. The molecule has 1 saturated heterocycles. The van der Waals surface area contributed by atoms with Crippen LogP contribution in [0.5, 0.6) is 0 Å². The molecule has 1 aliphatic heterocycles. The summed E-state index contributed by atoms with van der Waals surface area (Å²) < 4.78 is 8.29. The highest BCUT2D eigenvalue weighted by atomic mass is 127. The molecule has 2 aromatic heterocycles. The van der Waals surface area contributed by atoms with Crippen molar-refractivity contribution in [2.45, 2.75) is 51.8 Å². The van der Waals surface area contributed by atoms with Gasteiger partial charge in [-0.1, -0.05) is 0 Å². The topological polar surface area (TPSA) is 73.1 Å². The Morgan fingerprint density at radius 2 is 2.17 bits per heavy atom. The number of amides is 1. The summed E-state index contributed by atoms with van der Waals surface area (Å²) in [6, 6.07) is 0.201. The van der Waals surface area contributed by atoms with Crippen molar-refractivity contribution in [2.24, 2.45) is 0 Å². The van der Waals surface area contributed by atoms with Gasteiger partial charge in [0.25, 0.3) is 0 Å². The van der Waals surface area contributed by atoms with E-state index in [2.05, 4.69) is 37.7 Å². The monoisotopic (exact) mass is 429 g/mol. The molecule has 1 amide bonds. The highest BCUT2D eigenvalue weighted by Gasteiger charge is 2.37. The van der Waals surface area contributed by atoms with Gasteiger partial charge < -0.3 is 9.64 Å². The molecule has 0 saturated carbocycles. The number of nitrogens with zero attached hydrogens (tertiary/aromatic N) is 5. The molecule has 0 spiro atoms. The van der Waals surface area contributed by atoms with Crippen LogP contribution in [0.15, 0.2) is 12.5 Å². The third kappa shape index (κ3) is 3.26. The molecule has 23 heavy (non-hydrogen) atoms. The molecule has 3 rings (SSSR count). The maximum absolute atomic E-state index is 12.4. The molecule has 1 fully saturated rings. The third-order valence-electron chi connectivity index (χ3n) is 3.85. The van der Waals surface area contributed by atoms with Crippen LogP contribution in [-0.4, -0.2) is 48.9 Å². The molecule has 1 aliphatic rings. The van der Waals surface area contributed by atoms with Gasteiger partial charge in [0.1, 0.15) is 15.6 Å². The Labute approximate surface area is 148 Å². The van der Waals surface area contributed by atoms with E-state index < -0.39 is 5.60 Å². The first kappa shape index (κ1) is 16.4. The predicted molar refractivity (Wildman–Crippen MR) is 94.1 cm³/mol. The lowest BCUT2D eigenvalue weighted by molar-refractivity contribution is 0.0234. The molecule has 0 bridgehead atoms. The zero-order chi connectivity index (χ0) is 16.8. The van der Waals surface area contributed by atoms with Gasteiger partial charge in [0.15, 0.2) is 5.65 Å². The minimum atomic E-state index is -0.490. The molecule has 0 N–H and O–H groups in total. The number of aromatic nitrogens is 4. The highest BCUT2D eigenvalue weighted by molar-refractivity contribution is 14.1. The number of hydrogen-bond acceptors (Lipinski definition) is 5. The Balaban J connectivity index is 1.84. The van der Waals surface area contributed by atoms with Gasteiger partial charge in [-0.3, -0.25) is 0 Å². The van der Waals surface area contributed by atoms with Crippen LogP contribution in [-0.2, 0) is 4.74 Å². The van der Waals surface area contributed by atoms with E-state index in [0.717, 1.165) is 21.2 Å². The fourth-order valence-electron chi connectivity index (χ4n) is 2.86. The van der Waals surface area contributed by atoms with Gasteiger partial charge >= 0.3 is 6.09 Å². The van der Waals surface area contributed by atoms with Gasteiger partial charge in [0, 0.05) is 18.8 Å². The quantitative estimate of drug-likeness (QED) is 0.652. The Bertz CT molecular complexity index is 739. The van der Waals surface area contributed by atoms with E-state index in [1.165, 1.54) is 6.33 Å². The van der Waals surface area contributed by atoms with Crippen LogP contribution in [0.25, 0.3) is 11.0 Å². The standard InChI is InChI=1S/C15H20IN5O2/c1-9-5-10(7-20(9)14(22)23-15(2,3)4)21-13-11(12(16)19-21)6-17-8-18-13/h6,8-10H,5,7H2,1-4H3. The molecule has 0 aromatic carbocycles. The lowest BCUT2D eigenvalue weighted by Gasteiger charge is -2.26. The van der Waals surface area contributed by atoms with Gasteiger partial charge in [-0.05, 0) is 56.7 Å². The number of hydrogen-bond donors (Lipinski definition) is 0. The Morgan fingerprint density at radius 3 is 2.87 bits per heavy atom.